The molecule has 1 aliphatic heterocycles. The van der Waals surface area contributed by atoms with E-state index in [0.29, 0.717) is 11.3 Å². The van der Waals surface area contributed by atoms with Crippen LogP contribution in [0.25, 0.3) is 0 Å². The molecule has 1 unspecified atom stereocenters. The Morgan fingerprint density at radius 2 is 2.22 bits per heavy atom. The van der Waals surface area contributed by atoms with Gasteiger partial charge in [0.15, 0.2) is 0 Å². The molecule has 2 heterocycles. The molecule has 1 aromatic heterocycles. The van der Waals surface area contributed by atoms with E-state index in [0.717, 1.165) is 8.69 Å². The first-order valence-corrected chi connectivity index (χ1v) is 6.96. The third-order valence-electron chi connectivity index (χ3n) is 2.75. The van der Waals surface area contributed by atoms with Crippen molar-refractivity contribution in [2.45, 2.75) is 18.9 Å². The number of halogens is 1. The molecule has 1 saturated heterocycles. The van der Waals surface area contributed by atoms with Gasteiger partial charge in [0.2, 0.25) is 5.91 Å². The molecule has 7 heteroatoms. The first kappa shape index (κ1) is 13.2. The Labute approximate surface area is 116 Å². The second-order valence-corrected chi connectivity index (χ2v) is 6.42. The minimum atomic E-state index is -0.610. The van der Waals surface area contributed by atoms with Crippen LogP contribution < -0.4 is 5.32 Å². The number of thiophene rings is 1. The number of carbonyl (C=O) groups excluding carboxylic acids is 3. The molecule has 5 nitrogen and oxygen atoms in total. The lowest BCUT2D eigenvalue weighted by molar-refractivity contribution is -0.147. The van der Waals surface area contributed by atoms with Crippen molar-refractivity contribution in [3.05, 3.63) is 20.8 Å². The Kier molecular flexibility index (Phi) is 3.82. The highest BCUT2D eigenvalue weighted by molar-refractivity contribution is 9.11. The smallest absolute Gasteiger partial charge is 0.262 e. The molecule has 1 N–H and O–H groups in total. The zero-order valence-electron chi connectivity index (χ0n) is 9.60. The summed E-state index contributed by atoms with van der Waals surface area (Å²) in [5.74, 6) is -0.841. The molecule has 3 amide bonds. The Balaban J connectivity index is 2.04. The zero-order chi connectivity index (χ0) is 13.3. The topological polar surface area (TPSA) is 66.5 Å². The van der Waals surface area contributed by atoms with Crippen LogP contribution in [-0.2, 0) is 9.59 Å². The van der Waals surface area contributed by atoms with E-state index in [1.165, 1.54) is 18.4 Å². The lowest BCUT2D eigenvalue weighted by Gasteiger charge is -2.27. The first-order valence-electron chi connectivity index (χ1n) is 5.35. The van der Waals surface area contributed by atoms with Crippen LogP contribution in [0.1, 0.15) is 22.5 Å². The number of imide groups is 1. The largest absolute Gasteiger partial charge is 0.340 e. The molecule has 0 aliphatic carbocycles. The number of likely N-dealkylation sites (tertiary alicyclic amines) is 1. The highest BCUT2D eigenvalue weighted by atomic mass is 79.9. The molecule has 0 saturated carbocycles. The number of nitrogens with one attached hydrogen (secondary N) is 1. The van der Waals surface area contributed by atoms with Crippen LogP contribution in [0, 0.1) is 0 Å². The molecule has 0 spiro atoms. The van der Waals surface area contributed by atoms with Crippen molar-refractivity contribution in [1.82, 2.24) is 10.2 Å². The summed E-state index contributed by atoms with van der Waals surface area (Å²) in [4.78, 5) is 36.6. The van der Waals surface area contributed by atoms with Crippen LogP contribution in [0.5, 0.6) is 0 Å². The molecule has 18 heavy (non-hydrogen) atoms. The number of piperidine rings is 1. The summed E-state index contributed by atoms with van der Waals surface area (Å²) < 4.78 is 0.856. The molecule has 96 valence electrons. The predicted molar refractivity (Wildman–Crippen MR) is 70.3 cm³/mol. The first-order chi connectivity index (χ1) is 8.49. The molecule has 1 atom stereocenters. The van der Waals surface area contributed by atoms with Crippen molar-refractivity contribution in [2.24, 2.45) is 0 Å². The molecule has 1 aromatic rings. The average Bonchev–Trinajstić information content (AvgIpc) is 2.77. The van der Waals surface area contributed by atoms with Gasteiger partial charge in [-0.25, -0.2) is 0 Å². The molecule has 0 radical (unpaired) electrons. The van der Waals surface area contributed by atoms with Gasteiger partial charge in [0.05, 0.1) is 8.66 Å². The van der Waals surface area contributed by atoms with E-state index in [4.69, 9.17) is 0 Å². The molecule has 2 rings (SSSR count). The zero-order valence-corrected chi connectivity index (χ0v) is 12.0. The van der Waals surface area contributed by atoms with Crippen LogP contribution in [0.3, 0.4) is 0 Å². The minimum Gasteiger partial charge on any atom is -0.340 e. The minimum absolute atomic E-state index is 0.204. The second kappa shape index (κ2) is 5.19. The summed E-state index contributed by atoms with van der Waals surface area (Å²) in [5.41, 5.74) is 0. The van der Waals surface area contributed by atoms with Gasteiger partial charge >= 0.3 is 0 Å². The summed E-state index contributed by atoms with van der Waals surface area (Å²) >= 11 is 4.57. The van der Waals surface area contributed by atoms with Gasteiger partial charge in [-0.3, -0.25) is 19.3 Å². The number of carbonyl (C=O) groups is 3. The summed E-state index contributed by atoms with van der Waals surface area (Å²) in [5, 5.41) is 2.66. The molecule has 1 fully saturated rings. The van der Waals surface area contributed by atoms with Gasteiger partial charge in [-0.1, -0.05) is 0 Å². The SMILES string of the molecule is CN1C(=O)CCC(NC(=O)c2ccc(Br)s2)C1=O. The van der Waals surface area contributed by atoms with Crippen molar-refractivity contribution < 1.29 is 14.4 Å². The van der Waals surface area contributed by atoms with Gasteiger partial charge in [-0.15, -0.1) is 11.3 Å². The molecular weight excluding hydrogens is 320 g/mol. The molecule has 1 aliphatic rings. The maximum atomic E-state index is 11.9. The third-order valence-corrected chi connectivity index (χ3v) is 4.37. The van der Waals surface area contributed by atoms with Crippen molar-refractivity contribution in [3.8, 4) is 0 Å². The lowest BCUT2D eigenvalue weighted by atomic mass is 10.0. The highest BCUT2D eigenvalue weighted by Crippen LogP contribution is 2.22. The van der Waals surface area contributed by atoms with Crippen LogP contribution >= 0.6 is 27.3 Å². The Morgan fingerprint density at radius 3 is 2.83 bits per heavy atom. The van der Waals surface area contributed by atoms with E-state index in [9.17, 15) is 14.4 Å². The Bertz CT molecular complexity index is 514. The van der Waals surface area contributed by atoms with Crippen LogP contribution in [0.2, 0.25) is 0 Å². The van der Waals surface area contributed by atoms with Gasteiger partial charge < -0.3 is 5.32 Å². The van der Waals surface area contributed by atoms with Gasteiger partial charge in [0, 0.05) is 13.5 Å². The summed E-state index contributed by atoms with van der Waals surface area (Å²) in [6.45, 7) is 0. The van der Waals surface area contributed by atoms with E-state index in [2.05, 4.69) is 21.2 Å². The normalized spacial score (nSPS) is 20.1. The van der Waals surface area contributed by atoms with E-state index >= 15 is 0 Å². The fourth-order valence-electron chi connectivity index (χ4n) is 1.72. The molecular formula is C11H11BrN2O3S. The van der Waals surface area contributed by atoms with Crippen LogP contribution in [-0.4, -0.2) is 35.7 Å². The highest BCUT2D eigenvalue weighted by Gasteiger charge is 2.32. The summed E-state index contributed by atoms with van der Waals surface area (Å²) in [7, 11) is 1.44. The monoisotopic (exact) mass is 330 g/mol. The van der Waals surface area contributed by atoms with Gasteiger partial charge in [-0.05, 0) is 34.5 Å². The van der Waals surface area contributed by atoms with Crippen molar-refractivity contribution >= 4 is 45.0 Å². The third kappa shape index (κ3) is 2.62. The second-order valence-electron chi connectivity index (χ2n) is 3.96. The fourth-order valence-corrected chi connectivity index (χ4v) is 3.00. The van der Waals surface area contributed by atoms with E-state index in [-0.39, 0.29) is 24.1 Å². The van der Waals surface area contributed by atoms with Crippen molar-refractivity contribution in [3.63, 3.8) is 0 Å². The van der Waals surface area contributed by atoms with Gasteiger partial charge in [0.25, 0.3) is 11.8 Å². The van der Waals surface area contributed by atoms with Gasteiger partial charge in [-0.2, -0.15) is 0 Å². The van der Waals surface area contributed by atoms with Gasteiger partial charge in [0.1, 0.15) is 6.04 Å². The maximum absolute atomic E-state index is 11.9. The van der Waals surface area contributed by atoms with E-state index in [1.807, 2.05) is 0 Å². The number of likely N-dealkylation sites (N-methyl/N-ethyl adjacent to an activating group) is 1. The summed E-state index contributed by atoms with van der Waals surface area (Å²) in [6.07, 6.45) is 0.640. The van der Waals surface area contributed by atoms with Crippen LogP contribution in [0.4, 0.5) is 0 Å². The quantitative estimate of drug-likeness (QED) is 0.833. The number of hydrogen-bond donors (Lipinski definition) is 1. The Hall–Kier alpha value is -1.21. The number of rotatable bonds is 2. The summed E-state index contributed by atoms with van der Waals surface area (Å²) in [6, 6.07) is 2.85. The predicted octanol–water partition coefficient (Wildman–Crippen LogP) is 1.39. The van der Waals surface area contributed by atoms with E-state index in [1.54, 1.807) is 12.1 Å². The average molecular weight is 331 g/mol. The Morgan fingerprint density at radius 1 is 1.50 bits per heavy atom. The van der Waals surface area contributed by atoms with E-state index < -0.39 is 6.04 Å². The number of hydrogen-bond acceptors (Lipinski definition) is 4. The standard InChI is InChI=1S/C11H11BrN2O3S/c1-14-9(15)5-2-6(11(14)17)13-10(16)7-3-4-8(12)18-7/h3-4,6H,2,5H2,1H3,(H,13,16). The number of nitrogens with zero attached hydrogens (tertiary/aromatic N) is 1. The van der Waals surface area contributed by atoms with Crippen LogP contribution in [0.15, 0.2) is 15.9 Å². The maximum Gasteiger partial charge on any atom is 0.262 e. The molecule has 0 aromatic carbocycles. The van der Waals surface area contributed by atoms with Crippen molar-refractivity contribution in [1.29, 1.82) is 0 Å². The molecule has 0 bridgehead atoms. The van der Waals surface area contributed by atoms with Crippen molar-refractivity contribution in [2.75, 3.05) is 7.05 Å². The number of amides is 3. The fraction of sp³-hybridized carbons (Fsp3) is 0.364. The lowest BCUT2D eigenvalue weighted by Crippen LogP contribution is -2.52.